The van der Waals surface area contributed by atoms with E-state index in [1.165, 1.54) is 6.20 Å². The number of carboxylic acid groups (broad SMARTS) is 1. The first-order valence-electron chi connectivity index (χ1n) is 7.27. The summed E-state index contributed by atoms with van der Waals surface area (Å²) in [6.07, 6.45) is 3.03. The number of aromatic carboxylic acids is 1. The van der Waals surface area contributed by atoms with E-state index in [2.05, 4.69) is 19.9 Å². The molecule has 0 atom stereocenters. The number of fused-ring (bicyclic) bond motifs is 2. The van der Waals surface area contributed by atoms with Crippen molar-refractivity contribution in [2.24, 2.45) is 0 Å². The van der Waals surface area contributed by atoms with E-state index in [4.69, 9.17) is 5.11 Å². The molecule has 0 aliphatic heterocycles. The van der Waals surface area contributed by atoms with E-state index in [0.717, 1.165) is 16.7 Å². The van der Waals surface area contributed by atoms with Crippen molar-refractivity contribution in [3.8, 4) is 0 Å². The lowest BCUT2D eigenvalue weighted by Crippen LogP contribution is -2.00. The zero-order chi connectivity index (χ0) is 16.9. The molecule has 2 aromatic carbocycles. The van der Waals surface area contributed by atoms with E-state index in [0.29, 0.717) is 11.0 Å². The zero-order valence-corrected chi connectivity index (χ0v) is 12.9. The molecular formula is C18H14N4O2. The van der Waals surface area contributed by atoms with Gasteiger partial charge in [0.1, 0.15) is 0 Å². The highest BCUT2D eigenvalue weighted by molar-refractivity contribution is 5.87. The number of para-hydroxylation sites is 4. The highest BCUT2D eigenvalue weighted by Crippen LogP contribution is 2.08. The van der Waals surface area contributed by atoms with Crippen LogP contribution in [0.15, 0.2) is 60.9 Å². The number of hydrogen-bond donors (Lipinski definition) is 1. The predicted molar refractivity (Wildman–Crippen MR) is 90.8 cm³/mol. The normalized spacial score (nSPS) is 10.2. The summed E-state index contributed by atoms with van der Waals surface area (Å²) >= 11 is 0. The third kappa shape index (κ3) is 3.49. The summed E-state index contributed by atoms with van der Waals surface area (Å²) in [7, 11) is 0. The number of carboxylic acids is 1. The van der Waals surface area contributed by atoms with E-state index in [-0.39, 0.29) is 5.69 Å². The van der Waals surface area contributed by atoms with Crippen molar-refractivity contribution in [3.63, 3.8) is 0 Å². The molecule has 0 bridgehead atoms. The second-order valence-electron chi connectivity index (χ2n) is 5.05. The van der Waals surface area contributed by atoms with E-state index < -0.39 is 5.97 Å². The van der Waals surface area contributed by atoms with Crippen LogP contribution in [0.4, 0.5) is 0 Å². The smallest absolute Gasteiger partial charge is 0.356 e. The number of carbonyl (C=O) groups is 1. The minimum absolute atomic E-state index is 0.0290. The Labute approximate surface area is 137 Å². The first-order chi connectivity index (χ1) is 11.6. The van der Waals surface area contributed by atoms with E-state index >= 15 is 0 Å². The van der Waals surface area contributed by atoms with Gasteiger partial charge in [0.15, 0.2) is 5.69 Å². The molecular weight excluding hydrogens is 304 g/mol. The molecule has 0 fully saturated rings. The fraction of sp³-hybridized carbons (Fsp3) is 0.0556. The topological polar surface area (TPSA) is 88.9 Å². The highest BCUT2D eigenvalue weighted by Gasteiger charge is 2.05. The van der Waals surface area contributed by atoms with Crippen molar-refractivity contribution in [1.82, 2.24) is 19.9 Å². The third-order valence-corrected chi connectivity index (χ3v) is 3.24. The van der Waals surface area contributed by atoms with Gasteiger partial charge in [0, 0.05) is 6.20 Å². The maximum Gasteiger partial charge on any atom is 0.356 e. The molecule has 1 N–H and O–H groups in total. The van der Waals surface area contributed by atoms with Gasteiger partial charge < -0.3 is 5.11 Å². The van der Waals surface area contributed by atoms with Crippen LogP contribution < -0.4 is 0 Å². The van der Waals surface area contributed by atoms with Crippen molar-refractivity contribution in [2.75, 3.05) is 0 Å². The van der Waals surface area contributed by atoms with Gasteiger partial charge >= 0.3 is 5.97 Å². The van der Waals surface area contributed by atoms with Crippen molar-refractivity contribution in [1.29, 1.82) is 0 Å². The number of aryl methyl sites for hydroxylation is 1. The van der Waals surface area contributed by atoms with Crippen LogP contribution in [0.25, 0.3) is 22.1 Å². The average Bonchev–Trinajstić information content (AvgIpc) is 2.61. The van der Waals surface area contributed by atoms with Crippen LogP contribution in [-0.2, 0) is 0 Å². The second-order valence-corrected chi connectivity index (χ2v) is 5.05. The Balaban J connectivity index is 0.000000143. The minimum Gasteiger partial charge on any atom is -0.476 e. The lowest BCUT2D eigenvalue weighted by molar-refractivity contribution is 0.0690. The second kappa shape index (κ2) is 6.78. The molecule has 0 saturated heterocycles. The Morgan fingerprint density at radius 1 is 0.792 bits per heavy atom. The van der Waals surface area contributed by atoms with Crippen LogP contribution in [0.5, 0.6) is 0 Å². The van der Waals surface area contributed by atoms with Gasteiger partial charge in [-0.15, -0.1) is 0 Å². The maximum atomic E-state index is 10.5. The SMILES string of the molecule is Cc1cnc2ccccc2n1.O=C(O)c1cnc2ccccc2n1. The molecule has 0 radical (unpaired) electrons. The monoisotopic (exact) mass is 318 g/mol. The summed E-state index contributed by atoms with van der Waals surface area (Å²) in [5.41, 5.74) is 4.16. The molecule has 2 heterocycles. The quantitative estimate of drug-likeness (QED) is 0.579. The van der Waals surface area contributed by atoms with Crippen LogP contribution >= 0.6 is 0 Å². The van der Waals surface area contributed by atoms with Gasteiger partial charge in [0.25, 0.3) is 0 Å². The van der Waals surface area contributed by atoms with Crippen LogP contribution in [0.3, 0.4) is 0 Å². The molecule has 118 valence electrons. The van der Waals surface area contributed by atoms with Gasteiger partial charge in [0.05, 0.1) is 34.0 Å². The lowest BCUT2D eigenvalue weighted by atomic mass is 10.3. The molecule has 2 aromatic heterocycles. The van der Waals surface area contributed by atoms with E-state index in [9.17, 15) is 4.79 Å². The number of nitrogens with zero attached hydrogens (tertiary/aromatic N) is 4. The first kappa shape index (κ1) is 15.5. The van der Waals surface area contributed by atoms with Gasteiger partial charge in [-0.1, -0.05) is 24.3 Å². The average molecular weight is 318 g/mol. The summed E-state index contributed by atoms with van der Waals surface area (Å²) in [6, 6.07) is 15.0. The zero-order valence-electron chi connectivity index (χ0n) is 12.9. The highest BCUT2D eigenvalue weighted by atomic mass is 16.4. The standard InChI is InChI=1S/C9H6N2O2.C9H8N2/c12-9(13)8-5-10-6-3-1-2-4-7(6)11-8;1-7-6-10-8-4-2-3-5-9(8)11-7/h1-5H,(H,12,13);2-6H,1H3. The minimum atomic E-state index is -1.06. The Bertz CT molecular complexity index is 1020. The fourth-order valence-corrected chi connectivity index (χ4v) is 2.11. The van der Waals surface area contributed by atoms with Crippen LogP contribution in [0.1, 0.15) is 16.2 Å². The number of benzene rings is 2. The molecule has 4 aromatic rings. The molecule has 6 nitrogen and oxygen atoms in total. The van der Waals surface area contributed by atoms with Crippen molar-refractivity contribution in [2.45, 2.75) is 6.92 Å². The molecule has 0 spiro atoms. The summed E-state index contributed by atoms with van der Waals surface area (Å²) in [5.74, 6) is -1.06. The first-order valence-corrected chi connectivity index (χ1v) is 7.27. The molecule has 0 unspecified atom stereocenters. The number of hydrogen-bond acceptors (Lipinski definition) is 5. The maximum absolute atomic E-state index is 10.5. The molecule has 0 saturated carbocycles. The molecule has 24 heavy (non-hydrogen) atoms. The number of aromatic nitrogens is 4. The fourth-order valence-electron chi connectivity index (χ4n) is 2.11. The Morgan fingerprint density at radius 3 is 1.88 bits per heavy atom. The van der Waals surface area contributed by atoms with Crippen LogP contribution in [0.2, 0.25) is 0 Å². The molecule has 4 rings (SSSR count). The molecule has 0 amide bonds. The van der Waals surface area contributed by atoms with E-state index in [1.54, 1.807) is 24.4 Å². The summed E-state index contributed by atoms with van der Waals surface area (Å²) in [5, 5.41) is 8.64. The molecule has 0 aliphatic rings. The van der Waals surface area contributed by atoms with Gasteiger partial charge in [0.2, 0.25) is 0 Å². The van der Waals surface area contributed by atoms with Gasteiger partial charge in [-0.05, 0) is 31.2 Å². The van der Waals surface area contributed by atoms with Gasteiger partial charge in [-0.3, -0.25) is 9.97 Å². The number of rotatable bonds is 1. The van der Waals surface area contributed by atoms with Gasteiger partial charge in [-0.2, -0.15) is 0 Å². The van der Waals surface area contributed by atoms with Gasteiger partial charge in [-0.25, -0.2) is 14.8 Å². The van der Waals surface area contributed by atoms with E-state index in [1.807, 2.05) is 37.3 Å². The largest absolute Gasteiger partial charge is 0.476 e. The Kier molecular flexibility index (Phi) is 4.38. The summed E-state index contributed by atoms with van der Waals surface area (Å²) in [6.45, 7) is 1.94. The molecule has 0 aliphatic carbocycles. The summed E-state index contributed by atoms with van der Waals surface area (Å²) in [4.78, 5) is 26.9. The molecule has 6 heteroatoms. The Morgan fingerprint density at radius 2 is 1.29 bits per heavy atom. The third-order valence-electron chi connectivity index (χ3n) is 3.24. The lowest BCUT2D eigenvalue weighted by Gasteiger charge is -1.96. The van der Waals surface area contributed by atoms with Crippen molar-refractivity contribution in [3.05, 3.63) is 72.3 Å². The Hall–Kier alpha value is -3.41. The predicted octanol–water partition coefficient (Wildman–Crippen LogP) is 3.27. The van der Waals surface area contributed by atoms with Crippen molar-refractivity contribution >= 4 is 28.0 Å². The summed E-state index contributed by atoms with van der Waals surface area (Å²) < 4.78 is 0. The van der Waals surface area contributed by atoms with Crippen LogP contribution in [-0.4, -0.2) is 31.0 Å². The van der Waals surface area contributed by atoms with Crippen molar-refractivity contribution < 1.29 is 9.90 Å². The van der Waals surface area contributed by atoms with Crippen LogP contribution in [0, 0.1) is 6.92 Å².